The molecule has 1 aromatic carbocycles. The number of fused-ring (bicyclic) bond motifs is 1. The molecular weight excluding hydrogens is 349 g/mol. The maximum absolute atomic E-state index is 12.3. The van der Waals surface area contributed by atoms with Gasteiger partial charge in [0.25, 0.3) is 0 Å². The van der Waals surface area contributed by atoms with E-state index in [2.05, 4.69) is 20.0 Å². The second-order valence-corrected chi connectivity index (χ2v) is 6.11. The third-order valence-corrected chi connectivity index (χ3v) is 4.21. The van der Waals surface area contributed by atoms with Gasteiger partial charge in [0.15, 0.2) is 11.5 Å². The number of hydrogen-bond donors (Lipinski definition) is 0. The molecule has 0 radical (unpaired) electrons. The molecule has 1 unspecified atom stereocenters. The fraction of sp³-hybridized carbons (Fsp3) is 0.353. The van der Waals surface area contributed by atoms with Crippen LogP contribution in [0, 0.1) is 5.92 Å². The molecule has 3 heterocycles. The Balaban J connectivity index is 1.60. The van der Waals surface area contributed by atoms with Crippen LogP contribution in [0.1, 0.15) is 12.2 Å². The third kappa shape index (κ3) is 3.62. The zero-order valence-corrected chi connectivity index (χ0v) is 13.6. The van der Waals surface area contributed by atoms with Gasteiger partial charge in [-0.25, -0.2) is 0 Å². The van der Waals surface area contributed by atoms with Crippen LogP contribution >= 0.6 is 0 Å². The Bertz CT molecular complexity index is 903. The highest BCUT2D eigenvalue weighted by Gasteiger charge is 2.31. The van der Waals surface area contributed by atoms with Crippen molar-refractivity contribution in [2.75, 3.05) is 13.2 Å². The van der Waals surface area contributed by atoms with Gasteiger partial charge in [0, 0.05) is 25.2 Å². The maximum atomic E-state index is 12.3. The molecule has 6 nitrogen and oxygen atoms in total. The monoisotopic (exact) mass is 364 g/mol. The zero-order chi connectivity index (χ0) is 18.1. The molecule has 1 atom stereocenters. The molecule has 4 rings (SSSR count). The summed E-state index contributed by atoms with van der Waals surface area (Å²) in [5.41, 5.74) is 1.91. The number of halogens is 3. The van der Waals surface area contributed by atoms with Gasteiger partial charge in [-0.15, -0.1) is 23.4 Å². The van der Waals surface area contributed by atoms with Gasteiger partial charge in [-0.2, -0.15) is 9.61 Å². The highest BCUT2D eigenvalue weighted by molar-refractivity contribution is 5.61. The predicted octanol–water partition coefficient (Wildman–Crippen LogP) is 3.27. The molecule has 1 saturated heterocycles. The lowest BCUT2D eigenvalue weighted by molar-refractivity contribution is -0.274. The second-order valence-electron chi connectivity index (χ2n) is 6.11. The van der Waals surface area contributed by atoms with Crippen molar-refractivity contribution < 1.29 is 22.6 Å². The largest absolute Gasteiger partial charge is 0.573 e. The lowest BCUT2D eigenvalue weighted by Crippen LogP contribution is -2.16. The predicted molar refractivity (Wildman–Crippen MR) is 85.5 cm³/mol. The Morgan fingerprint density at radius 2 is 1.92 bits per heavy atom. The topological polar surface area (TPSA) is 61.5 Å². The summed E-state index contributed by atoms with van der Waals surface area (Å²) in [6.45, 7) is 1.46. The van der Waals surface area contributed by atoms with Crippen molar-refractivity contribution in [1.82, 2.24) is 19.8 Å². The van der Waals surface area contributed by atoms with Crippen LogP contribution in [-0.2, 0) is 11.2 Å². The van der Waals surface area contributed by atoms with E-state index in [0.717, 1.165) is 25.3 Å². The summed E-state index contributed by atoms with van der Waals surface area (Å²) in [4.78, 5) is 0. The molecule has 0 N–H and O–H groups in total. The van der Waals surface area contributed by atoms with E-state index < -0.39 is 6.36 Å². The number of benzene rings is 1. The van der Waals surface area contributed by atoms with E-state index >= 15 is 0 Å². The maximum Gasteiger partial charge on any atom is 0.573 e. The minimum absolute atomic E-state index is 0.270. The minimum atomic E-state index is -4.71. The van der Waals surface area contributed by atoms with Crippen LogP contribution < -0.4 is 4.74 Å². The van der Waals surface area contributed by atoms with E-state index in [1.54, 1.807) is 16.6 Å². The highest BCUT2D eigenvalue weighted by atomic mass is 19.4. The standard InChI is InChI=1S/C17H15F3N4O2/c18-17(19,20)26-13-3-1-12(2-4-13)14-5-6-15-21-22-16(24(15)23-14)9-11-7-8-25-10-11/h1-6,11H,7-10H2. The van der Waals surface area contributed by atoms with Gasteiger partial charge in [-0.3, -0.25) is 0 Å². The molecule has 9 heteroatoms. The first kappa shape index (κ1) is 16.8. The van der Waals surface area contributed by atoms with Crippen LogP contribution in [0.2, 0.25) is 0 Å². The minimum Gasteiger partial charge on any atom is -0.406 e. The van der Waals surface area contributed by atoms with E-state index in [1.165, 1.54) is 24.3 Å². The van der Waals surface area contributed by atoms with Crippen molar-refractivity contribution in [2.45, 2.75) is 19.2 Å². The molecule has 0 aliphatic carbocycles. The smallest absolute Gasteiger partial charge is 0.406 e. The Labute approximate surface area is 146 Å². The quantitative estimate of drug-likeness (QED) is 0.711. The number of ether oxygens (including phenoxy) is 2. The van der Waals surface area contributed by atoms with E-state index in [1.807, 2.05) is 0 Å². The van der Waals surface area contributed by atoms with Crippen LogP contribution in [0.25, 0.3) is 16.9 Å². The zero-order valence-electron chi connectivity index (χ0n) is 13.6. The number of rotatable bonds is 4. The van der Waals surface area contributed by atoms with Crippen molar-refractivity contribution >= 4 is 5.65 Å². The molecule has 2 aromatic heterocycles. The summed E-state index contributed by atoms with van der Waals surface area (Å²) < 4.78 is 47.7. The SMILES string of the molecule is FC(F)(F)Oc1ccc(-c2ccc3nnc(CC4CCOC4)n3n2)cc1. The molecule has 0 saturated carbocycles. The van der Waals surface area contributed by atoms with E-state index in [9.17, 15) is 13.2 Å². The van der Waals surface area contributed by atoms with Crippen LogP contribution in [0.5, 0.6) is 5.75 Å². The van der Waals surface area contributed by atoms with Gasteiger partial charge in [0.1, 0.15) is 5.75 Å². The Kier molecular flexibility index (Phi) is 4.23. The normalized spacial score (nSPS) is 17.7. The third-order valence-electron chi connectivity index (χ3n) is 4.21. The van der Waals surface area contributed by atoms with Crippen molar-refractivity contribution in [3.63, 3.8) is 0 Å². The molecule has 0 amide bonds. The van der Waals surface area contributed by atoms with Crippen LogP contribution in [0.4, 0.5) is 13.2 Å². The first-order chi connectivity index (χ1) is 12.5. The lowest BCUT2D eigenvalue weighted by atomic mass is 10.1. The molecule has 136 valence electrons. The molecular formula is C17H15F3N4O2. The highest BCUT2D eigenvalue weighted by Crippen LogP contribution is 2.26. The van der Waals surface area contributed by atoms with E-state index in [0.29, 0.717) is 29.4 Å². The molecule has 1 aliphatic rings. The molecule has 3 aromatic rings. The van der Waals surface area contributed by atoms with Gasteiger partial charge in [-0.05, 0) is 48.7 Å². The summed E-state index contributed by atoms with van der Waals surface area (Å²) >= 11 is 0. The van der Waals surface area contributed by atoms with Gasteiger partial charge >= 0.3 is 6.36 Å². The lowest BCUT2D eigenvalue weighted by Gasteiger charge is -2.09. The van der Waals surface area contributed by atoms with Gasteiger partial charge in [-0.1, -0.05) is 0 Å². The average Bonchev–Trinajstić information content (AvgIpc) is 3.24. The summed E-state index contributed by atoms with van der Waals surface area (Å²) in [6, 6.07) is 9.12. The van der Waals surface area contributed by atoms with E-state index in [-0.39, 0.29) is 5.75 Å². The van der Waals surface area contributed by atoms with Gasteiger partial charge in [0.2, 0.25) is 0 Å². The summed E-state index contributed by atoms with van der Waals surface area (Å²) in [7, 11) is 0. The Hall–Kier alpha value is -2.68. The average molecular weight is 364 g/mol. The fourth-order valence-electron chi connectivity index (χ4n) is 2.94. The van der Waals surface area contributed by atoms with Crippen LogP contribution in [-0.4, -0.2) is 39.4 Å². The number of hydrogen-bond acceptors (Lipinski definition) is 5. The summed E-state index contributed by atoms with van der Waals surface area (Å²) in [5.74, 6) is 0.870. The van der Waals surface area contributed by atoms with E-state index in [4.69, 9.17) is 4.74 Å². The van der Waals surface area contributed by atoms with Crippen LogP contribution in [0.3, 0.4) is 0 Å². The fourth-order valence-corrected chi connectivity index (χ4v) is 2.94. The second kappa shape index (κ2) is 6.56. The van der Waals surface area contributed by atoms with Crippen LogP contribution in [0.15, 0.2) is 36.4 Å². The van der Waals surface area contributed by atoms with Crippen molar-refractivity contribution in [3.05, 3.63) is 42.2 Å². The Morgan fingerprint density at radius 1 is 1.12 bits per heavy atom. The molecule has 26 heavy (non-hydrogen) atoms. The summed E-state index contributed by atoms with van der Waals surface area (Å²) in [5, 5.41) is 12.9. The Morgan fingerprint density at radius 3 is 2.62 bits per heavy atom. The van der Waals surface area contributed by atoms with Crippen molar-refractivity contribution in [1.29, 1.82) is 0 Å². The summed E-state index contributed by atoms with van der Waals surface area (Å²) in [6.07, 6.45) is -3.01. The molecule has 1 aliphatic heterocycles. The number of aromatic nitrogens is 4. The molecule has 1 fully saturated rings. The molecule has 0 bridgehead atoms. The van der Waals surface area contributed by atoms with Gasteiger partial charge in [0.05, 0.1) is 5.69 Å². The van der Waals surface area contributed by atoms with Crippen molar-refractivity contribution in [3.8, 4) is 17.0 Å². The molecule has 0 spiro atoms. The first-order valence-electron chi connectivity index (χ1n) is 8.13. The first-order valence-corrected chi connectivity index (χ1v) is 8.13. The van der Waals surface area contributed by atoms with Crippen molar-refractivity contribution in [2.24, 2.45) is 5.92 Å². The number of nitrogens with zero attached hydrogens (tertiary/aromatic N) is 4. The number of alkyl halides is 3. The van der Waals surface area contributed by atoms with Gasteiger partial charge < -0.3 is 9.47 Å².